The van der Waals surface area contributed by atoms with Crippen LogP contribution in [0.4, 0.5) is 14.5 Å². The minimum atomic E-state index is -4.14. The Morgan fingerprint density at radius 3 is 2.35 bits per heavy atom. The molecule has 4 aromatic carbocycles. The Balaban J connectivity index is 1.65. The van der Waals surface area contributed by atoms with Crippen LogP contribution in [0.15, 0.2) is 81.6 Å². The molecule has 1 amide bonds. The van der Waals surface area contributed by atoms with Gasteiger partial charge in [-0.15, -0.1) is 0 Å². The lowest BCUT2D eigenvalue weighted by Gasteiger charge is -2.17. The van der Waals surface area contributed by atoms with E-state index in [-0.39, 0.29) is 45.4 Å². The van der Waals surface area contributed by atoms with Crippen LogP contribution in [0, 0.1) is 11.6 Å². The maximum atomic E-state index is 15.9. The van der Waals surface area contributed by atoms with Gasteiger partial charge in [-0.25, -0.2) is 19.9 Å². The number of furan rings is 1. The summed E-state index contributed by atoms with van der Waals surface area (Å²) < 4.78 is 72.5. The molecule has 0 aliphatic carbocycles. The zero-order valence-corrected chi connectivity index (χ0v) is 25.1. The van der Waals surface area contributed by atoms with E-state index in [1.807, 2.05) is 0 Å². The number of halogens is 3. The molecule has 218 valence electrons. The van der Waals surface area contributed by atoms with Crippen molar-refractivity contribution >= 4 is 53.7 Å². The van der Waals surface area contributed by atoms with Crippen molar-refractivity contribution in [2.24, 2.45) is 0 Å². The SMILES string of the molecule is CNC(=O)c1c(-c2ccc(F)cc2)oc2cc(N(C)I(=O)=O)c(-c3cc(-c4nc5ccccc5o4)c(OC)cc3F)cc12. The predicted molar refractivity (Wildman–Crippen MR) is 164 cm³/mol. The Morgan fingerprint density at radius 2 is 1.67 bits per heavy atom. The maximum Gasteiger partial charge on any atom is 0.420 e. The van der Waals surface area contributed by atoms with E-state index in [0.717, 1.165) is 9.18 Å². The van der Waals surface area contributed by atoms with Gasteiger partial charge < -0.3 is 18.9 Å². The molecule has 0 aliphatic rings. The van der Waals surface area contributed by atoms with E-state index in [1.54, 1.807) is 24.3 Å². The van der Waals surface area contributed by atoms with Crippen molar-refractivity contribution < 1.29 is 33.3 Å². The third-order valence-corrected chi connectivity index (χ3v) is 8.71. The summed E-state index contributed by atoms with van der Waals surface area (Å²) in [6.07, 6.45) is 0. The molecule has 9 nitrogen and oxygen atoms in total. The topological polar surface area (TPSA) is 115 Å². The molecular formula is C31H22F2IN3O6. The Labute approximate surface area is 250 Å². The number of para-hydroxylation sites is 2. The van der Waals surface area contributed by atoms with Crippen molar-refractivity contribution in [3.63, 3.8) is 0 Å². The van der Waals surface area contributed by atoms with Crippen molar-refractivity contribution in [2.45, 2.75) is 0 Å². The molecule has 0 spiro atoms. The number of hydrogen-bond donors (Lipinski definition) is 1. The summed E-state index contributed by atoms with van der Waals surface area (Å²) >= 11 is -4.14. The van der Waals surface area contributed by atoms with Gasteiger partial charge in [-0.2, -0.15) is 0 Å². The molecule has 0 bridgehead atoms. The fraction of sp³-hybridized carbons (Fsp3) is 0.0968. The van der Waals surface area contributed by atoms with Gasteiger partial charge in [0.05, 0.1) is 23.9 Å². The lowest BCUT2D eigenvalue weighted by molar-refractivity contribution is 0.0964. The number of carbonyl (C=O) groups excluding carboxylic acids is 1. The lowest BCUT2D eigenvalue weighted by Crippen LogP contribution is -2.18. The van der Waals surface area contributed by atoms with Gasteiger partial charge in [0.15, 0.2) is 5.58 Å². The second-order valence-corrected chi connectivity index (χ2v) is 12.0. The van der Waals surface area contributed by atoms with Gasteiger partial charge in [0.25, 0.3) is 5.91 Å². The number of fused-ring (bicyclic) bond motifs is 2. The third kappa shape index (κ3) is 4.96. The Morgan fingerprint density at radius 1 is 0.930 bits per heavy atom. The quantitative estimate of drug-likeness (QED) is 0.133. The molecule has 2 heterocycles. The molecule has 43 heavy (non-hydrogen) atoms. The van der Waals surface area contributed by atoms with E-state index in [1.165, 1.54) is 63.7 Å². The number of aromatic nitrogens is 1. The van der Waals surface area contributed by atoms with Gasteiger partial charge in [-0.3, -0.25) is 7.91 Å². The number of anilines is 1. The molecule has 6 rings (SSSR count). The normalized spacial score (nSPS) is 11.4. The predicted octanol–water partition coefficient (Wildman–Crippen LogP) is 7.77. The minimum absolute atomic E-state index is 0.00640. The Bertz CT molecular complexity index is 2080. The number of oxazole rings is 1. The van der Waals surface area contributed by atoms with E-state index in [2.05, 4.69) is 10.3 Å². The molecule has 0 radical (unpaired) electrons. The highest BCUT2D eigenvalue weighted by Gasteiger charge is 2.27. The summed E-state index contributed by atoms with van der Waals surface area (Å²) in [7, 11) is 4.18. The maximum absolute atomic E-state index is 15.9. The number of benzene rings is 4. The molecule has 0 atom stereocenters. The number of nitrogens with one attached hydrogen (secondary N) is 1. The molecule has 1 N–H and O–H groups in total. The van der Waals surface area contributed by atoms with Crippen LogP contribution in [-0.2, 0) is 6.14 Å². The van der Waals surface area contributed by atoms with Gasteiger partial charge in [-0.1, -0.05) is 12.1 Å². The van der Waals surface area contributed by atoms with E-state index in [4.69, 9.17) is 13.6 Å². The highest BCUT2D eigenvalue weighted by Crippen LogP contribution is 2.45. The fourth-order valence-electron chi connectivity index (χ4n) is 4.92. The molecule has 6 aromatic rings. The minimum Gasteiger partial charge on any atom is -0.496 e. The summed E-state index contributed by atoms with van der Waals surface area (Å²) in [4.78, 5) is 17.7. The molecular weight excluding hydrogens is 675 g/mol. The first kappa shape index (κ1) is 28.3. The van der Waals surface area contributed by atoms with Gasteiger partial charge in [0.1, 0.15) is 34.2 Å². The first-order valence-corrected chi connectivity index (χ1v) is 15.5. The standard InChI is InChI=1S/C31H22F2IN3O6/c1-35-30(38)28-20-13-19(24(37(2)34(39)40)15-27(20)42-29(28)16-8-10-17(32)11-9-16)18-12-21(26(41-3)14-22(18)33)31-36-23-6-4-5-7-25(23)43-31/h4-15H,1-3H3,(H,35,38). The van der Waals surface area contributed by atoms with Crippen LogP contribution in [0.5, 0.6) is 5.75 Å². The van der Waals surface area contributed by atoms with Crippen LogP contribution in [0.1, 0.15) is 10.4 Å². The monoisotopic (exact) mass is 697 g/mol. The van der Waals surface area contributed by atoms with Crippen molar-refractivity contribution in [3.05, 3.63) is 90.0 Å². The average molecular weight is 697 g/mol. The number of methoxy groups -OCH3 is 1. The summed E-state index contributed by atoms with van der Waals surface area (Å²) in [5, 5.41) is 2.87. The average Bonchev–Trinajstić information content (AvgIpc) is 3.61. The van der Waals surface area contributed by atoms with Crippen LogP contribution < -0.4 is 13.2 Å². The van der Waals surface area contributed by atoms with Crippen molar-refractivity contribution in [3.8, 4) is 39.7 Å². The van der Waals surface area contributed by atoms with Crippen LogP contribution in [0.25, 0.3) is 56.0 Å². The number of amides is 1. The Kier molecular flexibility index (Phi) is 7.30. The van der Waals surface area contributed by atoms with Crippen LogP contribution >= 0.6 is 20.1 Å². The largest absolute Gasteiger partial charge is 0.496 e. The zero-order chi connectivity index (χ0) is 30.4. The smallest absolute Gasteiger partial charge is 0.420 e. The summed E-state index contributed by atoms with van der Waals surface area (Å²) in [6, 6.07) is 18.1. The lowest BCUT2D eigenvalue weighted by atomic mass is 9.96. The van der Waals surface area contributed by atoms with Crippen LogP contribution in [0.3, 0.4) is 0 Å². The van der Waals surface area contributed by atoms with Crippen molar-refractivity contribution in [1.29, 1.82) is 0 Å². The third-order valence-electron chi connectivity index (χ3n) is 7.01. The molecule has 12 heteroatoms. The first-order chi connectivity index (χ1) is 20.7. The fourth-order valence-corrected chi connectivity index (χ4v) is 5.74. The van der Waals surface area contributed by atoms with E-state index in [0.29, 0.717) is 27.6 Å². The molecule has 0 unspecified atom stereocenters. The van der Waals surface area contributed by atoms with Gasteiger partial charge in [0, 0.05) is 48.3 Å². The van der Waals surface area contributed by atoms with Crippen molar-refractivity contribution in [2.75, 3.05) is 24.3 Å². The second-order valence-electron chi connectivity index (χ2n) is 9.45. The number of rotatable bonds is 7. The number of carbonyl (C=O) groups is 1. The Hall–Kier alpha value is -4.85. The van der Waals surface area contributed by atoms with Gasteiger partial charge in [0.2, 0.25) is 5.89 Å². The number of ether oxygens (including phenoxy) is 1. The molecule has 0 saturated heterocycles. The van der Waals surface area contributed by atoms with Crippen LogP contribution in [0.2, 0.25) is 0 Å². The summed E-state index contributed by atoms with van der Waals surface area (Å²) in [6.45, 7) is 0. The van der Waals surface area contributed by atoms with Gasteiger partial charge in [-0.05, 0) is 48.5 Å². The highest BCUT2D eigenvalue weighted by atomic mass is 127. The summed E-state index contributed by atoms with van der Waals surface area (Å²) in [5.74, 6) is -1.23. The van der Waals surface area contributed by atoms with E-state index >= 15 is 4.39 Å². The van der Waals surface area contributed by atoms with E-state index in [9.17, 15) is 15.3 Å². The summed E-state index contributed by atoms with van der Waals surface area (Å²) in [5.41, 5.74) is 2.43. The second kappa shape index (κ2) is 11.1. The molecule has 0 saturated carbocycles. The zero-order valence-electron chi connectivity index (χ0n) is 22.9. The highest BCUT2D eigenvalue weighted by molar-refractivity contribution is 14.2. The van der Waals surface area contributed by atoms with Crippen LogP contribution in [-0.4, -0.2) is 32.1 Å². The number of nitrogens with zero attached hydrogens (tertiary/aromatic N) is 2. The van der Waals surface area contributed by atoms with Crippen molar-refractivity contribution in [1.82, 2.24) is 10.3 Å². The number of hydrogen-bond acceptors (Lipinski definition) is 7. The van der Waals surface area contributed by atoms with Gasteiger partial charge >= 0.3 is 20.1 Å². The molecule has 0 aliphatic heterocycles. The van der Waals surface area contributed by atoms with E-state index < -0.39 is 37.6 Å². The molecule has 2 aromatic heterocycles. The molecule has 0 fully saturated rings. The first-order valence-electron chi connectivity index (χ1n) is 12.8.